The van der Waals surface area contributed by atoms with Crippen LogP contribution >= 0.6 is 0 Å². The first-order chi connectivity index (χ1) is 17.2. The molecule has 4 atom stereocenters. The minimum absolute atomic E-state index is 0.0864. The van der Waals surface area contributed by atoms with Gasteiger partial charge in [-0.1, -0.05) is 51.1 Å². The lowest BCUT2D eigenvalue weighted by molar-refractivity contribution is -0.133. The highest BCUT2D eigenvalue weighted by Gasteiger charge is 2.30. The summed E-state index contributed by atoms with van der Waals surface area (Å²) in [5, 5.41) is 10.9. The van der Waals surface area contributed by atoms with Gasteiger partial charge in [0.2, 0.25) is 23.6 Å². The van der Waals surface area contributed by atoms with Crippen LogP contribution in [0.3, 0.4) is 0 Å². The first-order valence-corrected chi connectivity index (χ1v) is 12.6. The highest BCUT2D eigenvalue weighted by Crippen LogP contribution is 2.17. The fourth-order valence-electron chi connectivity index (χ4n) is 4.08. The summed E-state index contributed by atoms with van der Waals surface area (Å²) in [6.07, 6.45) is 6.03. The fourth-order valence-corrected chi connectivity index (χ4v) is 4.08. The van der Waals surface area contributed by atoms with Crippen molar-refractivity contribution in [2.75, 3.05) is 6.54 Å². The van der Waals surface area contributed by atoms with Gasteiger partial charge in [0.05, 0.1) is 6.04 Å². The van der Waals surface area contributed by atoms with Gasteiger partial charge in [0.1, 0.15) is 18.4 Å². The minimum atomic E-state index is -0.883. The van der Waals surface area contributed by atoms with Crippen molar-refractivity contribution in [3.8, 4) is 0 Å². The van der Waals surface area contributed by atoms with Gasteiger partial charge >= 0.3 is 0 Å². The second-order valence-electron chi connectivity index (χ2n) is 9.52. The Bertz CT molecular complexity index is 931. The fraction of sp³-hybridized carbons (Fsp3) is 0.519. The highest BCUT2D eigenvalue weighted by molar-refractivity contribution is 5.97. The summed E-state index contributed by atoms with van der Waals surface area (Å²) in [7, 11) is 0. The molecule has 1 aromatic carbocycles. The van der Waals surface area contributed by atoms with Crippen molar-refractivity contribution in [2.24, 2.45) is 11.8 Å². The van der Waals surface area contributed by atoms with Crippen LogP contribution in [-0.2, 0) is 24.0 Å². The van der Waals surface area contributed by atoms with E-state index in [2.05, 4.69) is 21.3 Å². The maximum atomic E-state index is 13.0. The number of nitrogens with one attached hydrogen (secondary N) is 4. The number of piperidine rings is 1. The quantitative estimate of drug-likeness (QED) is 0.243. The molecule has 0 spiro atoms. The maximum Gasteiger partial charge on any atom is 0.244 e. The Morgan fingerprint density at radius 2 is 1.75 bits per heavy atom. The maximum absolute atomic E-state index is 13.0. The summed E-state index contributed by atoms with van der Waals surface area (Å²) in [6.45, 7) is 6.22. The van der Waals surface area contributed by atoms with Gasteiger partial charge in [-0.2, -0.15) is 0 Å². The molecule has 0 saturated carbocycles. The Kier molecular flexibility index (Phi) is 11.8. The zero-order valence-electron chi connectivity index (χ0n) is 21.3. The standard InChI is InChI=1S/C27H38N4O5/c1-4-22(30-24(33)13-12-19-9-6-5-7-10-19)26(35)31-23(15-18(2)3)27(36)29-21(17-32)16-20-11-8-14-28-25(20)34/h5-7,9-10,12-13,17-18,20-23H,4,8,11,14-16H2,1-3H3,(H,28,34)(H,29,36)(H,30,33)(H,31,35)/t20-,21-,22-,23-/m0/s1. The molecular weight excluding hydrogens is 460 g/mol. The van der Waals surface area contributed by atoms with E-state index in [1.54, 1.807) is 13.0 Å². The SMILES string of the molecule is CC[C@H](NC(=O)C=Cc1ccccc1)C(=O)N[C@@H](CC(C)C)C(=O)N[C@H](C=O)C[C@@H]1CCCNC1=O. The van der Waals surface area contributed by atoms with Crippen LogP contribution in [0, 0.1) is 11.8 Å². The van der Waals surface area contributed by atoms with Gasteiger partial charge in [0, 0.05) is 18.5 Å². The van der Waals surface area contributed by atoms with E-state index in [0.29, 0.717) is 32.1 Å². The number of hydrogen-bond acceptors (Lipinski definition) is 5. The van der Waals surface area contributed by atoms with Gasteiger partial charge in [0.25, 0.3) is 0 Å². The van der Waals surface area contributed by atoms with Gasteiger partial charge in [-0.05, 0) is 49.7 Å². The Hall–Kier alpha value is -3.49. The molecule has 0 aromatic heterocycles. The van der Waals surface area contributed by atoms with Crippen molar-refractivity contribution in [1.82, 2.24) is 21.3 Å². The molecule has 0 unspecified atom stereocenters. The zero-order valence-corrected chi connectivity index (χ0v) is 21.3. The molecule has 0 bridgehead atoms. The van der Waals surface area contributed by atoms with Crippen LogP contribution < -0.4 is 21.3 Å². The Balaban J connectivity index is 1.99. The smallest absolute Gasteiger partial charge is 0.244 e. The summed E-state index contributed by atoms with van der Waals surface area (Å²) in [5.41, 5.74) is 0.856. The first-order valence-electron chi connectivity index (χ1n) is 12.6. The second-order valence-corrected chi connectivity index (χ2v) is 9.52. The predicted octanol–water partition coefficient (Wildman–Crippen LogP) is 1.73. The number of carbonyl (C=O) groups is 5. The first kappa shape index (κ1) is 28.7. The number of rotatable bonds is 13. The second kappa shape index (κ2) is 14.8. The number of carbonyl (C=O) groups excluding carboxylic acids is 5. The van der Waals surface area contributed by atoms with Crippen LogP contribution in [0.15, 0.2) is 36.4 Å². The highest BCUT2D eigenvalue weighted by atomic mass is 16.2. The Labute approximate surface area is 212 Å². The van der Waals surface area contributed by atoms with E-state index in [1.807, 2.05) is 44.2 Å². The van der Waals surface area contributed by atoms with Crippen LogP contribution in [0.4, 0.5) is 0 Å². The minimum Gasteiger partial charge on any atom is -0.356 e. The zero-order chi connectivity index (χ0) is 26.5. The predicted molar refractivity (Wildman–Crippen MR) is 137 cm³/mol. The molecule has 1 heterocycles. The topological polar surface area (TPSA) is 133 Å². The van der Waals surface area contributed by atoms with Gasteiger partial charge in [0.15, 0.2) is 0 Å². The third-order valence-electron chi connectivity index (χ3n) is 6.04. The monoisotopic (exact) mass is 498 g/mol. The molecule has 9 nitrogen and oxygen atoms in total. The van der Waals surface area contributed by atoms with Crippen LogP contribution in [-0.4, -0.2) is 54.6 Å². The van der Waals surface area contributed by atoms with E-state index in [1.165, 1.54) is 6.08 Å². The van der Waals surface area contributed by atoms with E-state index < -0.39 is 35.8 Å². The third-order valence-corrected chi connectivity index (χ3v) is 6.04. The molecule has 1 saturated heterocycles. The molecule has 9 heteroatoms. The van der Waals surface area contributed by atoms with Crippen molar-refractivity contribution >= 4 is 36.0 Å². The van der Waals surface area contributed by atoms with Gasteiger partial charge < -0.3 is 26.1 Å². The third kappa shape index (κ3) is 9.64. The molecular formula is C27H38N4O5. The summed E-state index contributed by atoms with van der Waals surface area (Å²) in [4.78, 5) is 62.0. The van der Waals surface area contributed by atoms with Crippen molar-refractivity contribution < 1.29 is 24.0 Å². The Morgan fingerprint density at radius 3 is 2.36 bits per heavy atom. The molecule has 2 rings (SSSR count). The molecule has 1 aliphatic heterocycles. The van der Waals surface area contributed by atoms with Crippen molar-refractivity contribution in [2.45, 2.75) is 71.0 Å². The molecule has 1 aliphatic rings. The summed E-state index contributed by atoms with van der Waals surface area (Å²) < 4.78 is 0. The van der Waals surface area contributed by atoms with Crippen LogP contribution in [0.1, 0.15) is 58.4 Å². The van der Waals surface area contributed by atoms with Gasteiger partial charge in [-0.25, -0.2) is 0 Å². The van der Waals surface area contributed by atoms with E-state index in [9.17, 15) is 24.0 Å². The molecule has 4 N–H and O–H groups in total. The average molecular weight is 499 g/mol. The van der Waals surface area contributed by atoms with E-state index in [4.69, 9.17) is 0 Å². The van der Waals surface area contributed by atoms with Crippen LogP contribution in [0.25, 0.3) is 6.08 Å². The molecule has 36 heavy (non-hydrogen) atoms. The number of aldehydes is 1. The lowest BCUT2D eigenvalue weighted by Crippen LogP contribution is -2.55. The molecule has 4 amide bonds. The summed E-state index contributed by atoms with van der Waals surface area (Å²) in [6, 6.07) is 6.77. The normalized spacial score (nSPS) is 18.1. The summed E-state index contributed by atoms with van der Waals surface area (Å²) >= 11 is 0. The van der Waals surface area contributed by atoms with Crippen LogP contribution in [0.2, 0.25) is 0 Å². The van der Waals surface area contributed by atoms with E-state index in [0.717, 1.165) is 12.0 Å². The number of amides is 4. The van der Waals surface area contributed by atoms with Crippen molar-refractivity contribution in [3.63, 3.8) is 0 Å². The van der Waals surface area contributed by atoms with Crippen molar-refractivity contribution in [1.29, 1.82) is 0 Å². The lowest BCUT2D eigenvalue weighted by atomic mass is 9.91. The average Bonchev–Trinajstić information content (AvgIpc) is 2.86. The molecule has 1 fully saturated rings. The van der Waals surface area contributed by atoms with Gasteiger partial charge in [-0.15, -0.1) is 0 Å². The van der Waals surface area contributed by atoms with E-state index >= 15 is 0 Å². The lowest BCUT2D eigenvalue weighted by Gasteiger charge is -2.27. The number of hydrogen-bond donors (Lipinski definition) is 4. The molecule has 0 aliphatic carbocycles. The summed E-state index contributed by atoms with van der Waals surface area (Å²) in [5.74, 6) is -1.75. The largest absolute Gasteiger partial charge is 0.356 e. The van der Waals surface area contributed by atoms with E-state index in [-0.39, 0.29) is 24.2 Å². The molecule has 196 valence electrons. The number of benzene rings is 1. The van der Waals surface area contributed by atoms with Crippen molar-refractivity contribution in [3.05, 3.63) is 42.0 Å². The van der Waals surface area contributed by atoms with Crippen LogP contribution in [0.5, 0.6) is 0 Å². The Morgan fingerprint density at radius 1 is 1.06 bits per heavy atom. The molecule has 0 radical (unpaired) electrons. The van der Waals surface area contributed by atoms with Gasteiger partial charge in [-0.3, -0.25) is 19.2 Å². The molecule has 1 aromatic rings.